The first kappa shape index (κ1) is 13.6. The van der Waals surface area contributed by atoms with E-state index in [1.54, 1.807) is 0 Å². The van der Waals surface area contributed by atoms with Crippen molar-refractivity contribution in [2.24, 2.45) is 17.6 Å². The monoisotopic (exact) mass is 259 g/mol. The van der Waals surface area contributed by atoms with Gasteiger partial charge < -0.3 is 5.73 Å². The molecule has 17 heavy (non-hydrogen) atoms. The molecule has 0 amide bonds. The largest absolute Gasteiger partial charge is 0.329 e. The lowest BCUT2D eigenvalue weighted by Gasteiger charge is -2.41. The van der Waals surface area contributed by atoms with Crippen LogP contribution in [0.5, 0.6) is 0 Å². The Kier molecular flexibility index (Phi) is 4.70. The predicted octanol–water partition coefficient (Wildman–Crippen LogP) is 1.17. The fraction of sp³-hybridized carbons (Fsp3) is 1.00. The van der Waals surface area contributed by atoms with Gasteiger partial charge in [0.25, 0.3) is 0 Å². The van der Waals surface area contributed by atoms with Crippen molar-refractivity contribution >= 4 is 12.4 Å². The Balaban J connectivity index is 0.00000108. The molecule has 3 atom stereocenters. The van der Waals surface area contributed by atoms with Crippen LogP contribution in [-0.4, -0.2) is 55.1 Å². The second-order valence-corrected chi connectivity index (χ2v) is 5.91. The van der Waals surface area contributed by atoms with E-state index in [9.17, 15) is 0 Å². The molecule has 3 nitrogen and oxygen atoms in total. The van der Waals surface area contributed by atoms with Crippen LogP contribution in [0.3, 0.4) is 0 Å². The van der Waals surface area contributed by atoms with Crippen LogP contribution in [0.25, 0.3) is 0 Å². The summed E-state index contributed by atoms with van der Waals surface area (Å²) in [5.41, 5.74) is 5.61. The van der Waals surface area contributed by atoms with E-state index in [4.69, 9.17) is 5.73 Å². The van der Waals surface area contributed by atoms with Crippen molar-refractivity contribution in [3.8, 4) is 0 Å². The molecule has 0 spiro atoms. The van der Waals surface area contributed by atoms with Gasteiger partial charge in [-0.2, -0.15) is 0 Å². The van der Waals surface area contributed by atoms with Crippen molar-refractivity contribution < 1.29 is 0 Å². The molecule has 1 saturated heterocycles. The summed E-state index contributed by atoms with van der Waals surface area (Å²) in [6.45, 7) is 6.95. The van der Waals surface area contributed by atoms with Gasteiger partial charge in [0.1, 0.15) is 0 Å². The zero-order valence-corrected chi connectivity index (χ0v) is 11.5. The minimum absolute atomic E-state index is 0. The molecule has 1 heterocycles. The highest BCUT2D eigenvalue weighted by atomic mass is 35.5. The first-order valence-corrected chi connectivity index (χ1v) is 7.03. The summed E-state index contributed by atoms with van der Waals surface area (Å²) < 4.78 is 0. The van der Waals surface area contributed by atoms with Crippen molar-refractivity contribution in [2.45, 2.75) is 31.7 Å². The summed E-state index contributed by atoms with van der Waals surface area (Å²) in [6, 6.07) is 0.943. The third-order valence-electron chi connectivity index (χ3n) is 5.02. The Bertz CT molecular complexity index is 241. The highest BCUT2D eigenvalue weighted by molar-refractivity contribution is 5.85. The molecule has 1 aliphatic heterocycles. The number of piperazine rings is 1. The lowest BCUT2D eigenvalue weighted by molar-refractivity contribution is 0.0727. The van der Waals surface area contributed by atoms with Crippen molar-refractivity contribution in [3.05, 3.63) is 0 Å². The Labute approximate surface area is 111 Å². The van der Waals surface area contributed by atoms with Crippen LogP contribution in [0.4, 0.5) is 0 Å². The van der Waals surface area contributed by atoms with E-state index in [0.717, 1.165) is 31.0 Å². The smallest absolute Gasteiger partial charge is 0.0127 e. The lowest BCUT2D eigenvalue weighted by atomic mass is 9.93. The average Bonchev–Trinajstić information content (AvgIpc) is 2.92. The minimum Gasteiger partial charge on any atom is -0.329 e. The van der Waals surface area contributed by atoms with Gasteiger partial charge in [0.15, 0.2) is 0 Å². The van der Waals surface area contributed by atoms with Crippen LogP contribution < -0.4 is 5.73 Å². The molecule has 4 heteroatoms. The van der Waals surface area contributed by atoms with Crippen molar-refractivity contribution in [3.63, 3.8) is 0 Å². The Morgan fingerprint density at radius 3 is 2.29 bits per heavy atom. The molecule has 0 aromatic carbocycles. The molecule has 2 N–H and O–H groups in total. The van der Waals surface area contributed by atoms with E-state index in [1.807, 2.05) is 0 Å². The third kappa shape index (κ3) is 2.78. The van der Waals surface area contributed by atoms with Crippen molar-refractivity contribution in [1.82, 2.24) is 9.80 Å². The molecule has 2 bridgehead atoms. The van der Waals surface area contributed by atoms with Crippen LogP contribution >= 0.6 is 12.4 Å². The summed E-state index contributed by atoms with van der Waals surface area (Å²) >= 11 is 0. The first-order chi connectivity index (χ1) is 7.86. The second kappa shape index (κ2) is 5.87. The highest BCUT2D eigenvalue weighted by Gasteiger charge is 2.42. The van der Waals surface area contributed by atoms with E-state index in [2.05, 4.69) is 9.80 Å². The van der Waals surface area contributed by atoms with E-state index >= 15 is 0 Å². The molecule has 0 aromatic rings. The van der Waals surface area contributed by atoms with Crippen LogP contribution in [0, 0.1) is 11.8 Å². The van der Waals surface area contributed by atoms with E-state index in [1.165, 1.54) is 51.9 Å². The van der Waals surface area contributed by atoms with Crippen LogP contribution in [-0.2, 0) is 0 Å². The van der Waals surface area contributed by atoms with Gasteiger partial charge >= 0.3 is 0 Å². The van der Waals surface area contributed by atoms with E-state index in [-0.39, 0.29) is 12.4 Å². The molecule has 3 unspecified atom stereocenters. The third-order valence-corrected chi connectivity index (χ3v) is 5.02. The van der Waals surface area contributed by atoms with Crippen LogP contribution in [0.1, 0.15) is 25.7 Å². The quantitative estimate of drug-likeness (QED) is 0.826. The maximum absolute atomic E-state index is 5.61. The van der Waals surface area contributed by atoms with Gasteiger partial charge in [-0.05, 0) is 31.1 Å². The zero-order valence-electron chi connectivity index (χ0n) is 10.7. The summed E-state index contributed by atoms with van der Waals surface area (Å²) in [5, 5.41) is 0. The number of hydrogen-bond acceptors (Lipinski definition) is 3. The number of nitrogens with two attached hydrogens (primary N) is 1. The van der Waals surface area contributed by atoms with Gasteiger partial charge in [-0.3, -0.25) is 9.80 Å². The predicted molar refractivity (Wildman–Crippen MR) is 73.6 cm³/mol. The Morgan fingerprint density at radius 2 is 1.76 bits per heavy atom. The molecule has 100 valence electrons. The topological polar surface area (TPSA) is 32.5 Å². The number of rotatable bonds is 3. The molecule has 3 fully saturated rings. The van der Waals surface area contributed by atoms with Gasteiger partial charge in [-0.1, -0.05) is 6.42 Å². The van der Waals surface area contributed by atoms with Gasteiger partial charge in [-0.15, -0.1) is 12.4 Å². The van der Waals surface area contributed by atoms with Gasteiger partial charge in [0.2, 0.25) is 0 Å². The summed E-state index contributed by atoms with van der Waals surface area (Å²) in [4.78, 5) is 5.29. The maximum Gasteiger partial charge on any atom is 0.0127 e. The first-order valence-electron chi connectivity index (χ1n) is 7.03. The summed E-state index contributed by atoms with van der Waals surface area (Å²) in [6.07, 6.45) is 6.07. The van der Waals surface area contributed by atoms with Gasteiger partial charge in [-0.25, -0.2) is 0 Å². The number of nitrogens with zero attached hydrogens (tertiary/aromatic N) is 2. The van der Waals surface area contributed by atoms with Gasteiger partial charge in [0, 0.05) is 45.3 Å². The normalized spacial score (nSPS) is 38.3. The maximum atomic E-state index is 5.61. The average molecular weight is 260 g/mol. The van der Waals surface area contributed by atoms with E-state index in [0.29, 0.717) is 0 Å². The summed E-state index contributed by atoms with van der Waals surface area (Å²) in [5.74, 6) is 2.13. The number of halogens is 1. The van der Waals surface area contributed by atoms with E-state index < -0.39 is 0 Å². The van der Waals surface area contributed by atoms with Crippen molar-refractivity contribution in [2.75, 3.05) is 39.3 Å². The molecule has 2 aliphatic carbocycles. The Hall–Kier alpha value is 0.170. The minimum atomic E-state index is 0. The van der Waals surface area contributed by atoms with Crippen LogP contribution in [0.15, 0.2) is 0 Å². The van der Waals surface area contributed by atoms with Crippen molar-refractivity contribution in [1.29, 1.82) is 0 Å². The molecule has 3 rings (SSSR count). The SMILES string of the molecule is Cl.NCCN1CCN(C2CC3CCC2C3)CC1. The standard InChI is InChI=1S/C13H25N3.ClH/c14-3-4-15-5-7-16(8-6-15)13-10-11-1-2-12(13)9-11;/h11-13H,1-10,14H2;1H. The molecular weight excluding hydrogens is 234 g/mol. The van der Waals surface area contributed by atoms with Gasteiger partial charge in [0.05, 0.1) is 0 Å². The highest BCUT2D eigenvalue weighted by Crippen LogP contribution is 2.46. The molecule has 0 aromatic heterocycles. The van der Waals surface area contributed by atoms with Crippen LogP contribution in [0.2, 0.25) is 0 Å². The second-order valence-electron chi connectivity index (χ2n) is 5.91. The fourth-order valence-corrected chi connectivity index (χ4v) is 4.16. The number of hydrogen-bond donors (Lipinski definition) is 1. The molecule has 3 aliphatic rings. The molecule has 0 radical (unpaired) electrons. The number of fused-ring (bicyclic) bond motifs is 2. The fourth-order valence-electron chi connectivity index (χ4n) is 4.16. The zero-order chi connectivity index (χ0) is 11.0. The Morgan fingerprint density at radius 1 is 1.00 bits per heavy atom. The summed E-state index contributed by atoms with van der Waals surface area (Å²) in [7, 11) is 0. The lowest BCUT2D eigenvalue weighted by Crippen LogP contribution is -2.52. The molecular formula is C13H26ClN3. The molecule has 2 saturated carbocycles.